The van der Waals surface area contributed by atoms with Crippen LogP contribution < -0.4 is 15.2 Å². The number of para-hydroxylation sites is 1. The van der Waals surface area contributed by atoms with Gasteiger partial charge in [-0.1, -0.05) is 36.8 Å². The summed E-state index contributed by atoms with van der Waals surface area (Å²) in [4.78, 5) is 0. The Morgan fingerprint density at radius 1 is 1.10 bits per heavy atom. The summed E-state index contributed by atoms with van der Waals surface area (Å²) in [5.41, 5.74) is 9.41. The summed E-state index contributed by atoms with van der Waals surface area (Å²) in [5, 5.41) is 0. The summed E-state index contributed by atoms with van der Waals surface area (Å²) in [7, 11) is 1.68. The lowest BCUT2D eigenvalue weighted by Gasteiger charge is -2.16. The predicted octanol–water partition coefficient (Wildman–Crippen LogP) is 3.99. The van der Waals surface area contributed by atoms with Crippen LogP contribution in [0.5, 0.6) is 11.5 Å². The van der Waals surface area contributed by atoms with Gasteiger partial charge in [-0.3, -0.25) is 0 Å². The van der Waals surface area contributed by atoms with E-state index in [9.17, 15) is 0 Å². The smallest absolute Gasteiger partial charge is 0.125 e. The van der Waals surface area contributed by atoms with Crippen molar-refractivity contribution in [2.45, 2.75) is 32.9 Å². The monoisotopic (exact) mass is 285 g/mol. The molecule has 2 N–H and O–H groups in total. The minimum Gasteiger partial charge on any atom is -0.496 e. The molecule has 0 saturated carbocycles. The van der Waals surface area contributed by atoms with E-state index in [0.29, 0.717) is 6.61 Å². The zero-order valence-electron chi connectivity index (χ0n) is 12.9. The second-order valence-electron chi connectivity index (χ2n) is 5.16. The van der Waals surface area contributed by atoms with Crippen molar-refractivity contribution in [3.8, 4) is 11.5 Å². The number of hydrogen-bond donors (Lipinski definition) is 1. The third kappa shape index (κ3) is 3.76. The zero-order valence-corrected chi connectivity index (χ0v) is 12.9. The fourth-order valence-electron chi connectivity index (χ4n) is 2.31. The zero-order chi connectivity index (χ0) is 15.2. The first-order valence-electron chi connectivity index (χ1n) is 7.26. The van der Waals surface area contributed by atoms with Crippen LogP contribution in [0.4, 0.5) is 0 Å². The van der Waals surface area contributed by atoms with Gasteiger partial charge in [0.2, 0.25) is 0 Å². The molecular formula is C18H23NO2. The standard InChI is InChI=1S/C18H23NO2/c1-4-16(19)15-7-5-6-8-18(15)21-12-14-11-13(2)9-10-17(14)20-3/h5-11,16H,4,12,19H2,1-3H3. The van der Waals surface area contributed by atoms with Gasteiger partial charge in [-0.05, 0) is 31.5 Å². The van der Waals surface area contributed by atoms with Crippen molar-refractivity contribution in [2.75, 3.05) is 7.11 Å². The molecule has 0 radical (unpaired) electrons. The van der Waals surface area contributed by atoms with Crippen LogP contribution in [-0.2, 0) is 6.61 Å². The highest BCUT2D eigenvalue weighted by Crippen LogP contribution is 2.27. The van der Waals surface area contributed by atoms with E-state index in [4.69, 9.17) is 15.2 Å². The van der Waals surface area contributed by atoms with Crippen molar-refractivity contribution in [1.29, 1.82) is 0 Å². The van der Waals surface area contributed by atoms with Crippen LogP contribution in [0.25, 0.3) is 0 Å². The molecule has 1 atom stereocenters. The molecule has 0 bridgehead atoms. The molecule has 2 aromatic carbocycles. The van der Waals surface area contributed by atoms with E-state index < -0.39 is 0 Å². The third-order valence-electron chi connectivity index (χ3n) is 3.58. The normalized spacial score (nSPS) is 12.0. The van der Waals surface area contributed by atoms with Crippen molar-refractivity contribution < 1.29 is 9.47 Å². The summed E-state index contributed by atoms with van der Waals surface area (Å²) >= 11 is 0. The molecule has 3 nitrogen and oxygen atoms in total. The summed E-state index contributed by atoms with van der Waals surface area (Å²) in [6, 6.07) is 14.0. The van der Waals surface area contributed by atoms with Gasteiger partial charge in [0.25, 0.3) is 0 Å². The first kappa shape index (κ1) is 15.4. The van der Waals surface area contributed by atoms with Gasteiger partial charge in [-0.15, -0.1) is 0 Å². The minimum absolute atomic E-state index is 0.000560. The summed E-state index contributed by atoms with van der Waals surface area (Å²) in [5.74, 6) is 1.69. The predicted molar refractivity (Wildman–Crippen MR) is 85.7 cm³/mol. The number of aryl methyl sites for hydroxylation is 1. The van der Waals surface area contributed by atoms with Gasteiger partial charge in [0.05, 0.1) is 7.11 Å². The molecule has 1 unspecified atom stereocenters. The number of methoxy groups -OCH3 is 1. The Hall–Kier alpha value is -2.00. The first-order valence-corrected chi connectivity index (χ1v) is 7.26. The lowest BCUT2D eigenvalue weighted by atomic mass is 10.0. The molecule has 3 heteroatoms. The Bertz CT molecular complexity index is 596. The topological polar surface area (TPSA) is 44.5 Å². The maximum absolute atomic E-state index is 6.14. The van der Waals surface area contributed by atoms with Crippen LogP contribution in [0.1, 0.15) is 36.1 Å². The quantitative estimate of drug-likeness (QED) is 0.872. The SMILES string of the molecule is CCC(N)c1ccccc1OCc1cc(C)ccc1OC. The van der Waals surface area contributed by atoms with Crippen molar-refractivity contribution >= 4 is 0 Å². The van der Waals surface area contributed by atoms with Crippen LogP contribution in [0.2, 0.25) is 0 Å². The molecule has 0 aliphatic rings. The molecule has 112 valence electrons. The van der Waals surface area contributed by atoms with E-state index in [1.54, 1.807) is 7.11 Å². The Balaban J connectivity index is 2.19. The van der Waals surface area contributed by atoms with Crippen LogP contribution in [0, 0.1) is 6.92 Å². The number of rotatable bonds is 6. The van der Waals surface area contributed by atoms with Gasteiger partial charge in [-0.25, -0.2) is 0 Å². The maximum Gasteiger partial charge on any atom is 0.125 e. The molecule has 21 heavy (non-hydrogen) atoms. The average Bonchev–Trinajstić information content (AvgIpc) is 2.52. The van der Waals surface area contributed by atoms with Gasteiger partial charge >= 0.3 is 0 Å². The molecule has 0 amide bonds. The highest BCUT2D eigenvalue weighted by molar-refractivity contribution is 5.39. The van der Waals surface area contributed by atoms with Gasteiger partial charge in [0, 0.05) is 17.2 Å². The number of hydrogen-bond acceptors (Lipinski definition) is 3. The van der Waals surface area contributed by atoms with Crippen molar-refractivity contribution in [3.63, 3.8) is 0 Å². The van der Waals surface area contributed by atoms with E-state index in [-0.39, 0.29) is 6.04 Å². The Morgan fingerprint density at radius 2 is 1.86 bits per heavy atom. The fraction of sp³-hybridized carbons (Fsp3) is 0.333. The van der Waals surface area contributed by atoms with Gasteiger partial charge in [-0.2, -0.15) is 0 Å². The Morgan fingerprint density at radius 3 is 2.57 bits per heavy atom. The molecule has 0 aromatic heterocycles. The van der Waals surface area contributed by atoms with E-state index in [0.717, 1.165) is 29.0 Å². The van der Waals surface area contributed by atoms with E-state index in [1.165, 1.54) is 5.56 Å². The Labute approximate surface area is 126 Å². The van der Waals surface area contributed by atoms with Crippen molar-refractivity contribution in [3.05, 3.63) is 59.2 Å². The molecule has 0 saturated heterocycles. The van der Waals surface area contributed by atoms with E-state index in [1.807, 2.05) is 36.4 Å². The second kappa shape index (κ2) is 7.14. The number of benzene rings is 2. The third-order valence-corrected chi connectivity index (χ3v) is 3.58. The van der Waals surface area contributed by atoms with Crippen LogP contribution in [-0.4, -0.2) is 7.11 Å². The first-order chi connectivity index (χ1) is 10.2. The fourth-order valence-corrected chi connectivity index (χ4v) is 2.31. The van der Waals surface area contributed by atoms with Gasteiger partial charge in [0.15, 0.2) is 0 Å². The number of nitrogens with two attached hydrogens (primary N) is 1. The van der Waals surface area contributed by atoms with E-state index >= 15 is 0 Å². The van der Waals surface area contributed by atoms with Crippen molar-refractivity contribution in [1.82, 2.24) is 0 Å². The summed E-state index contributed by atoms with van der Waals surface area (Å²) < 4.78 is 11.4. The Kier molecular flexibility index (Phi) is 5.23. The molecule has 2 rings (SSSR count). The minimum atomic E-state index is 0.000560. The summed E-state index contributed by atoms with van der Waals surface area (Å²) in [6.45, 7) is 4.60. The molecule has 0 fully saturated rings. The highest BCUT2D eigenvalue weighted by Gasteiger charge is 2.11. The van der Waals surface area contributed by atoms with Crippen LogP contribution in [0.3, 0.4) is 0 Å². The molecule has 0 aliphatic heterocycles. The van der Waals surface area contributed by atoms with Crippen LogP contribution >= 0.6 is 0 Å². The maximum atomic E-state index is 6.14. The number of ether oxygens (including phenoxy) is 2. The lowest BCUT2D eigenvalue weighted by molar-refractivity contribution is 0.292. The van der Waals surface area contributed by atoms with E-state index in [2.05, 4.69) is 19.9 Å². The average molecular weight is 285 g/mol. The van der Waals surface area contributed by atoms with Crippen LogP contribution in [0.15, 0.2) is 42.5 Å². The lowest BCUT2D eigenvalue weighted by Crippen LogP contribution is -2.11. The molecular weight excluding hydrogens is 262 g/mol. The van der Waals surface area contributed by atoms with Crippen molar-refractivity contribution in [2.24, 2.45) is 5.73 Å². The molecule has 0 heterocycles. The molecule has 0 spiro atoms. The summed E-state index contributed by atoms with van der Waals surface area (Å²) in [6.07, 6.45) is 0.883. The molecule has 2 aromatic rings. The largest absolute Gasteiger partial charge is 0.496 e. The van der Waals surface area contributed by atoms with Gasteiger partial charge < -0.3 is 15.2 Å². The van der Waals surface area contributed by atoms with Gasteiger partial charge in [0.1, 0.15) is 18.1 Å². The molecule has 0 aliphatic carbocycles. The second-order valence-corrected chi connectivity index (χ2v) is 5.16. The highest BCUT2D eigenvalue weighted by atomic mass is 16.5.